The van der Waals surface area contributed by atoms with Gasteiger partial charge in [0.2, 0.25) is 5.91 Å². The van der Waals surface area contributed by atoms with Gasteiger partial charge in [0.15, 0.2) is 0 Å². The van der Waals surface area contributed by atoms with Gasteiger partial charge in [-0.25, -0.2) is 9.18 Å². The van der Waals surface area contributed by atoms with E-state index in [0.29, 0.717) is 16.9 Å². The Kier molecular flexibility index (Phi) is 5.68. The van der Waals surface area contributed by atoms with Crippen molar-refractivity contribution in [1.82, 2.24) is 0 Å². The molecule has 1 N–H and O–H groups in total. The fraction of sp³-hybridized carbons (Fsp3) is 0.111. The Morgan fingerprint density at radius 2 is 1.88 bits per heavy atom. The summed E-state index contributed by atoms with van der Waals surface area (Å²) in [5.74, 6) is -0.698. The lowest BCUT2D eigenvalue weighted by Gasteiger charge is -2.15. The van der Waals surface area contributed by atoms with E-state index in [-0.39, 0.29) is 11.7 Å². The average Bonchev–Trinajstić information content (AvgIpc) is 2.59. The van der Waals surface area contributed by atoms with E-state index in [2.05, 4.69) is 10.1 Å². The molecule has 0 saturated carbocycles. The number of carbonyl (C=O) groups excluding carboxylic acids is 2. The second-order valence-corrected chi connectivity index (χ2v) is 4.95. The zero-order valence-corrected chi connectivity index (χ0v) is 13.3. The molecule has 0 aromatic heterocycles. The largest absolute Gasteiger partial charge is 0.452 e. The van der Waals surface area contributed by atoms with Crippen LogP contribution in [0.15, 0.2) is 54.6 Å². The van der Waals surface area contributed by atoms with E-state index < -0.39 is 6.09 Å². The number of nitrogens with one attached hydrogen (secondary N) is 1. The van der Waals surface area contributed by atoms with Crippen molar-refractivity contribution in [2.75, 3.05) is 24.4 Å². The number of carbonyl (C=O) groups is 2. The Balaban J connectivity index is 1.98. The number of hydrogen-bond donors (Lipinski definition) is 1. The number of methoxy groups -OCH3 is 1. The molecule has 0 aliphatic heterocycles. The summed E-state index contributed by atoms with van der Waals surface area (Å²) >= 11 is 0. The van der Waals surface area contributed by atoms with Gasteiger partial charge in [0.25, 0.3) is 0 Å². The molecule has 2 rings (SSSR count). The summed E-state index contributed by atoms with van der Waals surface area (Å²) in [5.41, 5.74) is 1.81. The van der Waals surface area contributed by atoms with Crippen molar-refractivity contribution in [1.29, 1.82) is 0 Å². The average molecular weight is 328 g/mol. The second-order valence-electron chi connectivity index (χ2n) is 4.95. The number of rotatable bonds is 4. The number of hydrogen-bond acceptors (Lipinski definition) is 3. The molecule has 0 fully saturated rings. The van der Waals surface area contributed by atoms with Crippen LogP contribution in [-0.2, 0) is 9.53 Å². The number of anilines is 2. The maximum absolute atomic E-state index is 13.1. The molecule has 0 spiro atoms. The van der Waals surface area contributed by atoms with Gasteiger partial charge >= 0.3 is 6.09 Å². The van der Waals surface area contributed by atoms with Gasteiger partial charge in [-0.05, 0) is 48.0 Å². The predicted molar refractivity (Wildman–Crippen MR) is 91.3 cm³/mol. The highest BCUT2D eigenvalue weighted by molar-refractivity contribution is 6.02. The molecule has 24 heavy (non-hydrogen) atoms. The number of nitrogens with zero attached hydrogens (tertiary/aromatic N) is 1. The lowest BCUT2D eigenvalue weighted by atomic mass is 10.2. The summed E-state index contributed by atoms with van der Waals surface area (Å²) in [7, 11) is 2.89. The fourth-order valence-electron chi connectivity index (χ4n) is 1.98. The maximum atomic E-state index is 13.1. The van der Waals surface area contributed by atoms with Gasteiger partial charge < -0.3 is 10.1 Å². The first-order valence-corrected chi connectivity index (χ1v) is 7.16. The molecule has 0 aliphatic rings. The van der Waals surface area contributed by atoms with Crippen LogP contribution in [0.5, 0.6) is 0 Å². The maximum Gasteiger partial charge on any atom is 0.413 e. The number of amides is 2. The van der Waals surface area contributed by atoms with Crippen LogP contribution in [0.25, 0.3) is 6.08 Å². The van der Waals surface area contributed by atoms with Crippen LogP contribution in [0, 0.1) is 5.82 Å². The molecule has 6 heteroatoms. The van der Waals surface area contributed by atoms with Crippen LogP contribution >= 0.6 is 0 Å². The molecule has 2 aromatic rings. The zero-order valence-electron chi connectivity index (χ0n) is 13.3. The second kappa shape index (κ2) is 7.92. The third kappa shape index (κ3) is 4.67. The number of ether oxygens (including phenoxy) is 1. The van der Waals surface area contributed by atoms with Crippen molar-refractivity contribution in [3.63, 3.8) is 0 Å². The number of benzene rings is 2. The van der Waals surface area contributed by atoms with Gasteiger partial charge in [0.05, 0.1) is 7.11 Å². The van der Waals surface area contributed by atoms with E-state index in [4.69, 9.17) is 0 Å². The molecule has 5 nitrogen and oxygen atoms in total. The first-order chi connectivity index (χ1) is 11.5. The van der Waals surface area contributed by atoms with Crippen LogP contribution in [0.1, 0.15) is 5.56 Å². The molecule has 0 radical (unpaired) electrons. The topological polar surface area (TPSA) is 58.6 Å². The quantitative estimate of drug-likeness (QED) is 0.871. The van der Waals surface area contributed by atoms with E-state index >= 15 is 0 Å². The van der Waals surface area contributed by atoms with Crippen molar-refractivity contribution in [2.45, 2.75) is 0 Å². The Labute approximate surface area is 139 Å². The van der Waals surface area contributed by atoms with Crippen LogP contribution in [0.2, 0.25) is 0 Å². The summed E-state index contributed by atoms with van der Waals surface area (Å²) < 4.78 is 17.7. The van der Waals surface area contributed by atoms with Crippen molar-refractivity contribution >= 4 is 29.5 Å². The molecule has 2 amide bonds. The van der Waals surface area contributed by atoms with Gasteiger partial charge in [0.1, 0.15) is 5.82 Å². The third-order valence-electron chi connectivity index (χ3n) is 3.25. The van der Waals surface area contributed by atoms with Gasteiger partial charge in [0, 0.05) is 24.5 Å². The number of halogens is 1. The van der Waals surface area contributed by atoms with Crippen molar-refractivity contribution in [2.24, 2.45) is 0 Å². The predicted octanol–water partition coefficient (Wildman–Crippen LogP) is 3.68. The SMILES string of the molecule is COC(=O)N(C)c1ccc(NC(=O)C=Cc2cccc(F)c2)cc1. The fourth-order valence-corrected chi connectivity index (χ4v) is 1.98. The summed E-state index contributed by atoms with van der Waals surface area (Å²) in [5, 5.41) is 2.68. The van der Waals surface area contributed by atoms with Gasteiger partial charge in [-0.3, -0.25) is 9.69 Å². The van der Waals surface area contributed by atoms with E-state index in [1.807, 2.05) is 0 Å². The van der Waals surface area contributed by atoms with Crippen molar-refractivity contribution in [3.05, 3.63) is 66.0 Å². The summed E-state index contributed by atoms with van der Waals surface area (Å²) in [4.78, 5) is 24.6. The van der Waals surface area contributed by atoms with E-state index in [9.17, 15) is 14.0 Å². The normalized spacial score (nSPS) is 10.5. The molecule has 0 atom stereocenters. The molecule has 0 aliphatic carbocycles. The van der Waals surface area contributed by atoms with Gasteiger partial charge in [-0.2, -0.15) is 0 Å². The molecular weight excluding hydrogens is 311 g/mol. The Bertz CT molecular complexity index is 757. The Morgan fingerprint density at radius 1 is 1.17 bits per heavy atom. The molecule has 124 valence electrons. The summed E-state index contributed by atoms with van der Waals surface area (Å²) in [6, 6.07) is 12.6. The van der Waals surface area contributed by atoms with Crippen LogP contribution in [0.3, 0.4) is 0 Å². The standard InChI is InChI=1S/C18H17FN2O3/c1-21(18(23)24-2)16-9-7-15(8-10-16)20-17(22)11-6-13-4-3-5-14(19)12-13/h3-12H,1-2H3,(H,20,22). The van der Waals surface area contributed by atoms with Crippen molar-refractivity contribution < 1.29 is 18.7 Å². The minimum Gasteiger partial charge on any atom is -0.452 e. The summed E-state index contributed by atoms with van der Waals surface area (Å²) in [6.07, 6.45) is 2.37. The first kappa shape index (κ1) is 17.2. The molecule has 0 heterocycles. The van der Waals surface area contributed by atoms with Gasteiger partial charge in [-0.1, -0.05) is 12.1 Å². The van der Waals surface area contributed by atoms with Crippen molar-refractivity contribution in [3.8, 4) is 0 Å². The highest BCUT2D eigenvalue weighted by Crippen LogP contribution is 2.17. The monoisotopic (exact) mass is 328 g/mol. The van der Waals surface area contributed by atoms with E-state index in [0.717, 1.165) is 0 Å². The lowest BCUT2D eigenvalue weighted by molar-refractivity contribution is -0.111. The Hall–Kier alpha value is -3.15. The molecular formula is C18H17FN2O3. The molecule has 0 saturated heterocycles. The minimum absolute atomic E-state index is 0.340. The lowest BCUT2D eigenvalue weighted by Crippen LogP contribution is -2.25. The Morgan fingerprint density at radius 3 is 2.50 bits per heavy atom. The molecule has 0 unspecified atom stereocenters. The molecule has 2 aromatic carbocycles. The van der Waals surface area contributed by atoms with Crippen LogP contribution in [-0.4, -0.2) is 26.2 Å². The van der Waals surface area contributed by atoms with Gasteiger partial charge in [-0.15, -0.1) is 0 Å². The molecule has 0 bridgehead atoms. The van der Waals surface area contributed by atoms with Crippen LogP contribution < -0.4 is 10.2 Å². The third-order valence-corrected chi connectivity index (χ3v) is 3.25. The highest BCUT2D eigenvalue weighted by atomic mass is 19.1. The first-order valence-electron chi connectivity index (χ1n) is 7.16. The van der Waals surface area contributed by atoms with E-state index in [1.54, 1.807) is 43.4 Å². The smallest absolute Gasteiger partial charge is 0.413 e. The minimum atomic E-state index is -0.482. The summed E-state index contributed by atoms with van der Waals surface area (Å²) in [6.45, 7) is 0. The highest BCUT2D eigenvalue weighted by Gasteiger charge is 2.10. The van der Waals surface area contributed by atoms with Crippen LogP contribution in [0.4, 0.5) is 20.6 Å². The van der Waals surface area contributed by atoms with E-state index in [1.165, 1.54) is 36.3 Å². The zero-order chi connectivity index (χ0) is 17.5.